The van der Waals surface area contributed by atoms with Gasteiger partial charge in [-0.2, -0.15) is 5.10 Å². The molecule has 3 heterocycles. The van der Waals surface area contributed by atoms with E-state index < -0.39 is 0 Å². The molecule has 0 saturated carbocycles. The summed E-state index contributed by atoms with van der Waals surface area (Å²) < 4.78 is 1.73. The summed E-state index contributed by atoms with van der Waals surface area (Å²) in [6.45, 7) is 0. The molecular weight excluding hydrogens is 202 g/mol. The van der Waals surface area contributed by atoms with Crippen molar-refractivity contribution < 1.29 is 0 Å². The van der Waals surface area contributed by atoms with Crippen LogP contribution in [-0.4, -0.2) is 24.7 Å². The van der Waals surface area contributed by atoms with E-state index in [1.807, 2.05) is 19.2 Å². The van der Waals surface area contributed by atoms with Crippen molar-refractivity contribution in [3.8, 4) is 11.4 Å². The summed E-state index contributed by atoms with van der Waals surface area (Å²) >= 11 is 0. The highest BCUT2D eigenvalue weighted by Gasteiger charge is 2.05. The van der Waals surface area contributed by atoms with Crippen LogP contribution in [0.2, 0.25) is 0 Å². The molecule has 0 fully saturated rings. The van der Waals surface area contributed by atoms with E-state index in [1.54, 1.807) is 29.5 Å². The average molecular weight is 211 g/mol. The smallest absolute Gasteiger partial charge is 0.163 e. The third-order valence-electron chi connectivity index (χ3n) is 2.39. The highest BCUT2D eigenvalue weighted by Crippen LogP contribution is 2.16. The Bertz CT molecular complexity index is 629. The molecule has 16 heavy (non-hydrogen) atoms. The minimum absolute atomic E-state index is 0.671. The van der Waals surface area contributed by atoms with Crippen LogP contribution in [0.15, 0.2) is 36.9 Å². The second kappa shape index (κ2) is 3.37. The lowest BCUT2D eigenvalue weighted by Gasteiger charge is -1.99. The van der Waals surface area contributed by atoms with Crippen molar-refractivity contribution in [2.45, 2.75) is 0 Å². The average Bonchev–Trinajstić information content (AvgIpc) is 2.72. The van der Waals surface area contributed by atoms with Crippen molar-refractivity contribution in [3.05, 3.63) is 36.9 Å². The molecule has 3 aromatic heterocycles. The molecule has 0 saturated heterocycles. The van der Waals surface area contributed by atoms with Crippen molar-refractivity contribution in [2.75, 3.05) is 0 Å². The van der Waals surface area contributed by atoms with Gasteiger partial charge in [-0.25, -0.2) is 9.97 Å². The van der Waals surface area contributed by atoms with Crippen LogP contribution in [0.5, 0.6) is 0 Å². The van der Waals surface area contributed by atoms with Crippen LogP contribution in [0, 0.1) is 0 Å². The van der Waals surface area contributed by atoms with E-state index in [1.165, 1.54) is 0 Å². The zero-order chi connectivity index (χ0) is 11.0. The van der Waals surface area contributed by atoms with Gasteiger partial charge in [-0.15, -0.1) is 0 Å². The normalized spacial score (nSPS) is 10.8. The Kier molecular flexibility index (Phi) is 1.89. The summed E-state index contributed by atoms with van der Waals surface area (Å²) in [4.78, 5) is 12.8. The first-order chi connectivity index (χ1) is 7.84. The molecule has 0 aromatic carbocycles. The third-order valence-corrected chi connectivity index (χ3v) is 2.39. The van der Waals surface area contributed by atoms with Crippen LogP contribution in [0.1, 0.15) is 0 Å². The van der Waals surface area contributed by atoms with Crippen LogP contribution < -0.4 is 0 Å². The lowest BCUT2D eigenvalue weighted by molar-refractivity contribution is 0.786. The molecule has 0 atom stereocenters. The molecule has 5 heteroatoms. The quantitative estimate of drug-likeness (QED) is 0.611. The Balaban J connectivity index is 2.22. The minimum Gasteiger partial charge on any atom is -0.264 e. The predicted octanol–water partition coefficient (Wildman–Crippen LogP) is 1.43. The Morgan fingerprint density at radius 3 is 2.94 bits per heavy atom. The Morgan fingerprint density at radius 1 is 1.19 bits per heavy atom. The molecule has 3 rings (SSSR count). The number of aryl methyl sites for hydroxylation is 1. The second-order valence-electron chi connectivity index (χ2n) is 3.48. The van der Waals surface area contributed by atoms with Gasteiger partial charge in [0.2, 0.25) is 0 Å². The first kappa shape index (κ1) is 8.96. The van der Waals surface area contributed by atoms with Gasteiger partial charge in [0.1, 0.15) is 0 Å². The molecule has 0 radical (unpaired) electrons. The highest BCUT2D eigenvalue weighted by atomic mass is 15.3. The van der Waals surface area contributed by atoms with E-state index in [0.717, 1.165) is 16.6 Å². The van der Waals surface area contributed by atoms with E-state index in [-0.39, 0.29) is 0 Å². The van der Waals surface area contributed by atoms with Crippen LogP contribution >= 0.6 is 0 Å². The summed E-state index contributed by atoms with van der Waals surface area (Å²) in [6, 6.07) is 3.80. The van der Waals surface area contributed by atoms with Crippen LogP contribution in [0.3, 0.4) is 0 Å². The van der Waals surface area contributed by atoms with Crippen molar-refractivity contribution in [2.24, 2.45) is 7.05 Å². The predicted molar refractivity (Wildman–Crippen MR) is 59.5 cm³/mol. The van der Waals surface area contributed by atoms with Crippen molar-refractivity contribution in [3.63, 3.8) is 0 Å². The Hall–Kier alpha value is -2.30. The molecule has 0 unspecified atom stereocenters. The number of pyridine rings is 1. The summed E-state index contributed by atoms with van der Waals surface area (Å²) in [5, 5.41) is 5.07. The van der Waals surface area contributed by atoms with Gasteiger partial charge in [0, 0.05) is 31.2 Å². The fourth-order valence-corrected chi connectivity index (χ4v) is 1.57. The molecule has 5 nitrogen and oxygen atoms in total. The number of rotatable bonds is 1. The van der Waals surface area contributed by atoms with Gasteiger partial charge in [-0.1, -0.05) is 0 Å². The molecule has 0 amide bonds. The van der Waals surface area contributed by atoms with Gasteiger partial charge in [0.25, 0.3) is 0 Å². The fraction of sp³-hybridized carbons (Fsp3) is 0.0909. The SMILES string of the molecule is Cn1ncc2cnc(-c3cccnc3)nc21. The van der Waals surface area contributed by atoms with E-state index in [9.17, 15) is 0 Å². The van der Waals surface area contributed by atoms with Gasteiger partial charge >= 0.3 is 0 Å². The monoisotopic (exact) mass is 211 g/mol. The van der Waals surface area contributed by atoms with Crippen molar-refractivity contribution >= 4 is 11.0 Å². The van der Waals surface area contributed by atoms with Crippen molar-refractivity contribution in [1.29, 1.82) is 0 Å². The number of hydrogen-bond acceptors (Lipinski definition) is 4. The standard InChI is InChI=1S/C11H9N5/c1-16-11-9(7-14-16)6-13-10(15-11)8-3-2-4-12-5-8/h2-7H,1H3. The first-order valence-electron chi connectivity index (χ1n) is 4.90. The van der Waals surface area contributed by atoms with Crippen LogP contribution in [0.25, 0.3) is 22.4 Å². The van der Waals surface area contributed by atoms with E-state index in [2.05, 4.69) is 20.1 Å². The number of aromatic nitrogens is 5. The Morgan fingerprint density at radius 2 is 2.12 bits per heavy atom. The van der Waals surface area contributed by atoms with Gasteiger partial charge in [-0.3, -0.25) is 9.67 Å². The number of hydrogen-bond donors (Lipinski definition) is 0. The maximum atomic E-state index is 4.45. The largest absolute Gasteiger partial charge is 0.264 e. The minimum atomic E-state index is 0.671. The first-order valence-corrected chi connectivity index (χ1v) is 4.90. The van der Waals surface area contributed by atoms with Crippen LogP contribution in [-0.2, 0) is 7.05 Å². The fourth-order valence-electron chi connectivity index (χ4n) is 1.57. The molecular formula is C11H9N5. The molecule has 0 aliphatic heterocycles. The summed E-state index contributed by atoms with van der Waals surface area (Å²) in [6.07, 6.45) is 7.00. The lowest BCUT2D eigenvalue weighted by atomic mass is 10.2. The van der Waals surface area contributed by atoms with Gasteiger partial charge < -0.3 is 0 Å². The number of fused-ring (bicyclic) bond motifs is 1. The van der Waals surface area contributed by atoms with E-state index >= 15 is 0 Å². The zero-order valence-electron chi connectivity index (χ0n) is 8.70. The summed E-state index contributed by atoms with van der Waals surface area (Å²) in [5.74, 6) is 0.671. The zero-order valence-corrected chi connectivity index (χ0v) is 8.70. The number of nitrogens with zero attached hydrogens (tertiary/aromatic N) is 5. The molecule has 0 N–H and O–H groups in total. The summed E-state index contributed by atoms with van der Waals surface area (Å²) in [5.41, 5.74) is 1.74. The molecule has 78 valence electrons. The Labute approximate surface area is 91.8 Å². The van der Waals surface area contributed by atoms with Gasteiger partial charge in [0.15, 0.2) is 11.5 Å². The topological polar surface area (TPSA) is 56.5 Å². The summed E-state index contributed by atoms with van der Waals surface area (Å²) in [7, 11) is 1.86. The second-order valence-corrected chi connectivity index (χ2v) is 3.48. The van der Waals surface area contributed by atoms with E-state index in [0.29, 0.717) is 5.82 Å². The maximum absolute atomic E-state index is 4.45. The van der Waals surface area contributed by atoms with Gasteiger partial charge in [-0.05, 0) is 12.1 Å². The molecule has 3 aromatic rings. The lowest BCUT2D eigenvalue weighted by Crippen LogP contribution is -1.95. The highest BCUT2D eigenvalue weighted by molar-refractivity contribution is 5.75. The molecule has 0 spiro atoms. The molecule has 0 bridgehead atoms. The third kappa shape index (κ3) is 1.33. The molecule has 0 aliphatic carbocycles. The van der Waals surface area contributed by atoms with Gasteiger partial charge in [0.05, 0.1) is 11.6 Å². The maximum Gasteiger partial charge on any atom is 0.163 e. The van der Waals surface area contributed by atoms with E-state index in [4.69, 9.17) is 0 Å². The molecule has 0 aliphatic rings. The van der Waals surface area contributed by atoms with Crippen LogP contribution in [0.4, 0.5) is 0 Å². The van der Waals surface area contributed by atoms with Crippen molar-refractivity contribution in [1.82, 2.24) is 24.7 Å².